The first-order valence-corrected chi connectivity index (χ1v) is 8.09. The van der Waals surface area contributed by atoms with Crippen molar-refractivity contribution in [3.63, 3.8) is 0 Å². The van der Waals surface area contributed by atoms with Gasteiger partial charge < -0.3 is 10.2 Å². The molecule has 0 aliphatic rings. The zero-order valence-corrected chi connectivity index (χ0v) is 14.3. The van der Waals surface area contributed by atoms with Crippen LogP contribution >= 0.6 is 11.3 Å². The van der Waals surface area contributed by atoms with Crippen molar-refractivity contribution in [1.29, 1.82) is 0 Å². The third-order valence-corrected chi connectivity index (χ3v) is 4.22. The zero-order valence-electron chi connectivity index (χ0n) is 13.5. The van der Waals surface area contributed by atoms with Crippen LogP contribution in [0.3, 0.4) is 0 Å². The van der Waals surface area contributed by atoms with E-state index in [-0.39, 0.29) is 5.41 Å². The summed E-state index contributed by atoms with van der Waals surface area (Å²) >= 11 is 1.84. The average Bonchev–Trinajstić information content (AvgIpc) is 2.72. The second-order valence-electron chi connectivity index (χ2n) is 6.23. The second kappa shape index (κ2) is 6.71. The lowest BCUT2D eigenvalue weighted by Gasteiger charge is -2.19. The van der Waals surface area contributed by atoms with Crippen LogP contribution in [0.4, 0.5) is 5.13 Å². The van der Waals surface area contributed by atoms with E-state index in [9.17, 15) is 0 Å². The maximum absolute atomic E-state index is 4.91. The highest BCUT2D eigenvalue weighted by Gasteiger charge is 2.24. The van der Waals surface area contributed by atoms with Crippen LogP contribution in [0.1, 0.15) is 59.0 Å². The van der Waals surface area contributed by atoms with Gasteiger partial charge in [0.2, 0.25) is 0 Å². The fourth-order valence-electron chi connectivity index (χ4n) is 1.97. The molecule has 0 radical (unpaired) electrons. The van der Waals surface area contributed by atoms with Crippen molar-refractivity contribution in [3.8, 4) is 0 Å². The minimum absolute atomic E-state index is 0.107. The minimum Gasteiger partial charge on any atom is -0.349 e. The molecule has 1 N–H and O–H groups in total. The van der Waals surface area contributed by atoms with Crippen LogP contribution in [-0.4, -0.2) is 24.1 Å². The molecule has 1 rings (SSSR count). The Labute approximate surface area is 122 Å². The third kappa shape index (κ3) is 4.46. The Hall–Kier alpha value is -0.610. The highest BCUT2D eigenvalue weighted by atomic mass is 32.1. The Balaban J connectivity index is 3.05. The molecular weight excluding hydrogens is 254 g/mol. The number of hydrogen-bond acceptors (Lipinski definition) is 4. The van der Waals surface area contributed by atoms with Crippen LogP contribution < -0.4 is 10.2 Å². The summed E-state index contributed by atoms with van der Waals surface area (Å²) in [5.41, 5.74) is 1.35. The molecule has 3 nitrogen and oxygen atoms in total. The van der Waals surface area contributed by atoms with Gasteiger partial charge in [0.05, 0.1) is 5.69 Å². The van der Waals surface area contributed by atoms with Crippen LogP contribution in [0.25, 0.3) is 0 Å². The Morgan fingerprint density at radius 2 is 1.79 bits per heavy atom. The monoisotopic (exact) mass is 283 g/mol. The molecule has 0 aliphatic heterocycles. The van der Waals surface area contributed by atoms with Gasteiger partial charge >= 0.3 is 0 Å². The van der Waals surface area contributed by atoms with Crippen molar-refractivity contribution in [1.82, 2.24) is 10.3 Å². The predicted molar refractivity (Wildman–Crippen MR) is 86.4 cm³/mol. The van der Waals surface area contributed by atoms with E-state index in [1.807, 2.05) is 11.3 Å². The number of thiazole rings is 1. The quantitative estimate of drug-likeness (QED) is 0.861. The summed E-state index contributed by atoms with van der Waals surface area (Å²) in [6.45, 7) is 18.4. The smallest absolute Gasteiger partial charge is 0.185 e. The van der Waals surface area contributed by atoms with E-state index in [2.05, 4.69) is 58.7 Å². The van der Waals surface area contributed by atoms with E-state index >= 15 is 0 Å². The summed E-state index contributed by atoms with van der Waals surface area (Å²) < 4.78 is 0. The van der Waals surface area contributed by atoms with E-state index in [1.165, 1.54) is 10.6 Å². The van der Waals surface area contributed by atoms with E-state index in [1.54, 1.807) is 0 Å². The highest BCUT2D eigenvalue weighted by Crippen LogP contribution is 2.33. The summed E-state index contributed by atoms with van der Waals surface area (Å²) in [5.74, 6) is 0. The van der Waals surface area contributed by atoms with Crippen molar-refractivity contribution >= 4 is 16.5 Å². The summed E-state index contributed by atoms with van der Waals surface area (Å²) in [7, 11) is 0. The molecule has 19 heavy (non-hydrogen) atoms. The largest absolute Gasteiger partial charge is 0.349 e. The molecule has 1 aromatic rings. The summed E-state index contributed by atoms with van der Waals surface area (Å²) in [6, 6.07) is 0.506. The number of rotatable bonds is 6. The van der Waals surface area contributed by atoms with E-state index in [0.717, 1.165) is 24.8 Å². The standard InChI is InChI=1S/C15H29N3S/c1-8-18(9-2)14-17-13(15(5,6)7)12(19-14)10-16-11(3)4/h11,16H,8-10H2,1-7H3. The van der Waals surface area contributed by atoms with Crippen molar-refractivity contribution in [2.75, 3.05) is 18.0 Å². The molecule has 0 fully saturated rings. The molecular formula is C15H29N3S. The number of anilines is 1. The molecule has 1 aromatic heterocycles. The van der Waals surface area contributed by atoms with Gasteiger partial charge in [0.15, 0.2) is 5.13 Å². The highest BCUT2D eigenvalue weighted by molar-refractivity contribution is 7.15. The zero-order chi connectivity index (χ0) is 14.6. The molecule has 0 atom stereocenters. The molecule has 0 saturated carbocycles. The topological polar surface area (TPSA) is 28.2 Å². The molecule has 4 heteroatoms. The first-order chi connectivity index (χ1) is 8.79. The maximum atomic E-state index is 4.91. The molecule has 0 unspecified atom stereocenters. The molecule has 1 heterocycles. The summed E-state index contributed by atoms with van der Waals surface area (Å²) in [5, 5.41) is 4.68. The van der Waals surface area contributed by atoms with Gasteiger partial charge in [-0.1, -0.05) is 34.6 Å². The van der Waals surface area contributed by atoms with E-state index in [4.69, 9.17) is 4.98 Å². The second-order valence-corrected chi connectivity index (χ2v) is 7.29. The maximum Gasteiger partial charge on any atom is 0.185 e. The van der Waals surface area contributed by atoms with Crippen molar-refractivity contribution in [2.24, 2.45) is 0 Å². The number of nitrogens with zero attached hydrogens (tertiary/aromatic N) is 2. The Bertz CT molecular complexity index is 387. The first-order valence-electron chi connectivity index (χ1n) is 7.28. The average molecular weight is 283 g/mol. The lowest BCUT2D eigenvalue weighted by molar-refractivity contribution is 0.545. The lowest BCUT2D eigenvalue weighted by atomic mass is 9.91. The number of aromatic nitrogens is 1. The van der Waals surface area contributed by atoms with Crippen LogP contribution in [0.5, 0.6) is 0 Å². The van der Waals surface area contributed by atoms with Gasteiger partial charge in [-0.2, -0.15) is 0 Å². The van der Waals surface area contributed by atoms with Crippen molar-refractivity contribution in [2.45, 2.75) is 66.5 Å². The van der Waals surface area contributed by atoms with Crippen molar-refractivity contribution in [3.05, 3.63) is 10.6 Å². The molecule has 110 valence electrons. The number of nitrogens with one attached hydrogen (secondary N) is 1. The molecule has 0 saturated heterocycles. The third-order valence-electron chi connectivity index (χ3n) is 3.10. The Kier molecular flexibility index (Phi) is 5.81. The van der Waals surface area contributed by atoms with Crippen LogP contribution in [0.2, 0.25) is 0 Å². The molecule has 0 bridgehead atoms. The van der Waals surface area contributed by atoms with Gasteiger partial charge in [-0.3, -0.25) is 0 Å². The van der Waals surface area contributed by atoms with Crippen LogP contribution in [0.15, 0.2) is 0 Å². The van der Waals surface area contributed by atoms with Gasteiger partial charge in [0.1, 0.15) is 0 Å². The van der Waals surface area contributed by atoms with E-state index < -0.39 is 0 Å². The van der Waals surface area contributed by atoms with Gasteiger partial charge in [-0.15, -0.1) is 11.3 Å². The first kappa shape index (κ1) is 16.4. The fourth-order valence-corrected chi connectivity index (χ4v) is 3.32. The molecule has 0 spiro atoms. The predicted octanol–water partition coefficient (Wildman–Crippen LogP) is 3.78. The van der Waals surface area contributed by atoms with Gasteiger partial charge in [0.25, 0.3) is 0 Å². The normalized spacial score (nSPS) is 12.2. The summed E-state index contributed by atoms with van der Waals surface area (Å²) in [6.07, 6.45) is 0. The molecule has 0 aromatic carbocycles. The van der Waals surface area contributed by atoms with Crippen LogP contribution in [-0.2, 0) is 12.0 Å². The molecule has 0 aliphatic carbocycles. The fraction of sp³-hybridized carbons (Fsp3) is 0.800. The van der Waals surface area contributed by atoms with E-state index in [0.29, 0.717) is 6.04 Å². The van der Waals surface area contributed by atoms with Gasteiger partial charge in [-0.05, 0) is 13.8 Å². The Morgan fingerprint density at radius 3 is 2.21 bits per heavy atom. The summed E-state index contributed by atoms with van der Waals surface area (Å²) in [4.78, 5) is 8.62. The van der Waals surface area contributed by atoms with Crippen molar-refractivity contribution < 1.29 is 0 Å². The minimum atomic E-state index is 0.107. The van der Waals surface area contributed by atoms with Gasteiger partial charge in [0, 0.05) is 36.0 Å². The van der Waals surface area contributed by atoms with Crippen LogP contribution in [0, 0.1) is 0 Å². The lowest BCUT2D eigenvalue weighted by Crippen LogP contribution is -2.24. The van der Waals surface area contributed by atoms with Gasteiger partial charge in [-0.25, -0.2) is 4.98 Å². The Morgan fingerprint density at radius 1 is 1.21 bits per heavy atom. The molecule has 0 amide bonds. The number of hydrogen-bond donors (Lipinski definition) is 1. The SMILES string of the molecule is CCN(CC)c1nc(C(C)(C)C)c(CNC(C)C)s1.